The van der Waals surface area contributed by atoms with E-state index in [1.807, 2.05) is 20.0 Å². The quantitative estimate of drug-likeness (QED) is 0.874. The van der Waals surface area contributed by atoms with Crippen LogP contribution in [-0.4, -0.2) is 21.6 Å². The van der Waals surface area contributed by atoms with Gasteiger partial charge in [0, 0.05) is 11.6 Å². The van der Waals surface area contributed by atoms with E-state index >= 15 is 0 Å². The van der Waals surface area contributed by atoms with Crippen LogP contribution in [0.1, 0.15) is 30.6 Å². The van der Waals surface area contributed by atoms with Gasteiger partial charge in [0.2, 0.25) is 0 Å². The molecule has 2 aromatic heterocycles. The molecule has 2 aromatic rings. The lowest BCUT2D eigenvalue weighted by Crippen LogP contribution is -2.15. The van der Waals surface area contributed by atoms with Crippen LogP contribution < -0.4 is 5.32 Å². The van der Waals surface area contributed by atoms with Crippen molar-refractivity contribution < 1.29 is 0 Å². The standard InChI is InChI=1S/C11H14Cl2N4/c1-4-7(14-3)8-5-9-15-10(12)6(2)11(13)17(9)16-8/h5,7,14H,4H2,1-3H3/t7-/m0/s1. The Hall–Kier alpha value is -0.840. The number of hydrogen-bond acceptors (Lipinski definition) is 3. The third-order valence-electron chi connectivity index (χ3n) is 2.84. The van der Waals surface area contributed by atoms with E-state index in [1.165, 1.54) is 0 Å². The van der Waals surface area contributed by atoms with Gasteiger partial charge >= 0.3 is 0 Å². The van der Waals surface area contributed by atoms with Crippen molar-refractivity contribution in [1.29, 1.82) is 0 Å². The summed E-state index contributed by atoms with van der Waals surface area (Å²) in [6.07, 6.45) is 0.949. The van der Waals surface area contributed by atoms with Crippen molar-refractivity contribution in [3.63, 3.8) is 0 Å². The predicted octanol–water partition coefficient (Wildman–Crippen LogP) is 3.02. The minimum Gasteiger partial charge on any atom is -0.312 e. The molecule has 0 aromatic carbocycles. The molecule has 0 aliphatic heterocycles. The van der Waals surface area contributed by atoms with Crippen LogP contribution in [0.2, 0.25) is 10.3 Å². The number of fused-ring (bicyclic) bond motifs is 1. The fourth-order valence-electron chi connectivity index (χ4n) is 1.77. The molecule has 0 saturated heterocycles. The minimum absolute atomic E-state index is 0.201. The molecule has 0 saturated carbocycles. The highest BCUT2D eigenvalue weighted by Crippen LogP contribution is 2.25. The van der Waals surface area contributed by atoms with Crippen molar-refractivity contribution in [3.05, 3.63) is 27.6 Å². The molecule has 0 radical (unpaired) electrons. The molecule has 2 heterocycles. The van der Waals surface area contributed by atoms with Crippen molar-refractivity contribution in [2.24, 2.45) is 0 Å². The number of hydrogen-bond donors (Lipinski definition) is 1. The number of rotatable bonds is 3. The Morgan fingerprint density at radius 3 is 2.76 bits per heavy atom. The molecule has 0 spiro atoms. The number of nitrogens with zero attached hydrogens (tertiary/aromatic N) is 3. The number of nitrogens with one attached hydrogen (secondary N) is 1. The summed E-state index contributed by atoms with van der Waals surface area (Å²) >= 11 is 12.2. The highest BCUT2D eigenvalue weighted by atomic mass is 35.5. The SMILES string of the molecule is CC[C@H](NC)c1cc2nc(Cl)c(C)c(Cl)n2n1. The summed E-state index contributed by atoms with van der Waals surface area (Å²) in [6, 6.07) is 2.11. The molecule has 0 bridgehead atoms. The summed E-state index contributed by atoms with van der Waals surface area (Å²) in [4.78, 5) is 4.26. The number of aromatic nitrogens is 3. The maximum absolute atomic E-state index is 6.19. The molecule has 2 rings (SSSR count). The van der Waals surface area contributed by atoms with Gasteiger partial charge in [-0.1, -0.05) is 30.1 Å². The Bertz CT molecular complexity index is 546. The van der Waals surface area contributed by atoms with Gasteiger partial charge in [-0.2, -0.15) is 5.10 Å². The molecule has 4 nitrogen and oxygen atoms in total. The fourth-order valence-corrected chi connectivity index (χ4v) is 2.21. The summed E-state index contributed by atoms with van der Waals surface area (Å²) in [6.45, 7) is 3.92. The van der Waals surface area contributed by atoms with Gasteiger partial charge in [-0.15, -0.1) is 0 Å². The maximum Gasteiger partial charge on any atom is 0.158 e. The molecule has 1 N–H and O–H groups in total. The summed E-state index contributed by atoms with van der Waals surface area (Å²) in [7, 11) is 1.91. The van der Waals surface area contributed by atoms with Crippen LogP contribution in [0.15, 0.2) is 6.07 Å². The van der Waals surface area contributed by atoms with Gasteiger partial charge in [0.1, 0.15) is 10.3 Å². The second kappa shape index (κ2) is 4.80. The van der Waals surface area contributed by atoms with E-state index < -0.39 is 0 Å². The zero-order valence-corrected chi connectivity index (χ0v) is 11.5. The van der Waals surface area contributed by atoms with Crippen LogP contribution in [0.5, 0.6) is 0 Å². The van der Waals surface area contributed by atoms with E-state index in [0.29, 0.717) is 16.0 Å². The maximum atomic E-state index is 6.19. The summed E-state index contributed by atoms with van der Waals surface area (Å²) in [5, 5.41) is 8.59. The highest BCUT2D eigenvalue weighted by Gasteiger charge is 2.15. The van der Waals surface area contributed by atoms with E-state index in [1.54, 1.807) is 4.52 Å². The van der Waals surface area contributed by atoms with Crippen molar-refractivity contribution in [3.8, 4) is 0 Å². The lowest BCUT2D eigenvalue weighted by molar-refractivity contribution is 0.557. The molecule has 1 atom stereocenters. The first-order chi connectivity index (χ1) is 8.08. The van der Waals surface area contributed by atoms with Crippen LogP contribution in [0.4, 0.5) is 0 Å². The highest BCUT2D eigenvalue weighted by molar-refractivity contribution is 6.34. The molecule has 0 aliphatic carbocycles. The van der Waals surface area contributed by atoms with Gasteiger partial charge < -0.3 is 5.32 Å². The first-order valence-electron chi connectivity index (χ1n) is 5.47. The van der Waals surface area contributed by atoms with E-state index in [0.717, 1.165) is 17.7 Å². The van der Waals surface area contributed by atoms with Crippen LogP contribution in [0.3, 0.4) is 0 Å². The summed E-state index contributed by atoms with van der Waals surface area (Å²) in [5.41, 5.74) is 2.34. The van der Waals surface area contributed by atoms with Crippen molar-refractivity contribution in [1.82, 2.24) is 19.9 Å². The zero-order valence-electron chi connectivity index (χ0n) is 9.96. The van der Waals surface area contributed by atoms with E-state index in [9.17, 15) is 0 Å². The molecule has 0 aliphatic rings. The third-order valence-corrected chi connectivity index (χ3v) is 3.65. The smallest absolute Gasteiger partial charge is 0.158 e. The van der Waals surface area contributed by atoms with Crippen molar-refractivity contribution in [2.45, 2.75) is 26.3 Å². The molecule has 17 heavy (non-hydrogen) atoms. The second-order valence-electron chi connectivity index (χ2n) is 3.91. The van der Waals surface area contributed by atoms with Gasteiger partial charge in [0.05, 0.1) is 11.7 Å². The molecule has 6 heteroatoms. The van der Waals surface area contributed by atoms with Gasteiger partial charge in [-0.05, 0) is 20.4 Å². The average Bonchev–Trinajstić information content (AvgIpc) is 2.72. The van der Waals surface area contributed by atoms with E-state index in [2.05, 4.69) is 22.3 Å². The van der Waals surface area contributed by atoms with Crippen LogP contribution in [0, 0.1) is 6.92 Å². The zero-order chi connectivity index (χ0) is 12.6. The predicted molar refractivity (Wildman–Crippen MR) is 69.8 cm³/mol. The third kappa shape index (κ3) is 2.12. The Labute approximate surface area is 110 Å². The Kier molecular flexibility index (Phi) is 3.56. The van der Waals surface area contributed by atoms with Gasteiger partial charge in [-0.3, -0.25) is 0 Å². The monoisotopic (exact) mass is 272 g/mol. The first-order valence-corrected chi connectivity index (χ1v) is 6.22. The van der Waals surface area contributed by atoms with Gasteiger partial charge in [0.15, 0.2) is 5.65 Å². The molecule has 0 unspecified atom stereocenters. The fraction of sp³-hybridized carbons (Fsp3) is 0.455. The van der Waals surface area contributed by atoms with Crippen molar-refractivity contribution >= 4 is 28.8 Å². The second-order valence-corrected chi connectivity index (χ2v) is 4.62. The van der Waals surface area contributed by atoms with Gasteiger partial charge in [0.25, 0.3) is 0 Å². The van der Waals surface area contributed by atoms with E-state index in [-0.39, 0.29) is 6.04 Å². The Morgan fingerprint density at radius 1 is 1.47 bits per heavy atom. The molecule has 0 fully saturated rings. The largest absolute Gasteiger partial charge is 0.312 e. The van der Waals surface area contributed by atoms with E-state index in [4.69, 9.17) is 23.2 Å². The number of halogens is 2. The van der Waals surface area contributed by atoms with Crippen LogP contribution in [0.25, 0.3) is 5.65 Å². The minimum atomic E-state index is 0.201. The van der Waals surface area contributed by atoms with Crippen LogP contribution >= 0.6 is 23.2 Å². The molecular weight excluding hydrogens is 259 g/mol. The van der Waals surface area contributed by atoms with Crippen LogP contribution in [-0.2, 0) is 0 Å². The van der Waals surface area contributed by atoms with Crippen molar-refractivity contribution in [2.75, 3.05) is 7.05 Å². The first kappa shape index (κ1) is 12.6. The summed E-state index contributed by atoms with van der Waals surface area (Å²) in [5.74, 6) is 0. The average molecular weight is 273 g/mol. The lowest BCUT2D eigenvalue weighted by atomic mass is 10.1. The Balaban J connectivity index is 2.61. The molecule has 0 amide bonds. The molecule has 92 valence electrons. The summed E-state index contributed by atoms with van der Waals surface area (Å²) < 4.78 is 1.62. The topological polar surface area (TPSA) is 42.2 Å². The lowest BCUT2D eigenvalue weighted by Gasteiger charge is -2.09. The normalized spacial score (nSPS) is 13.2. The Morgan fingerprint density at radius 2 is 2.18 bits per heavy atom. The van der Waals surface area contributed by atoms with Gasteiger partial charge in [-0.25, -0.2) is 9.50 Å². The molecular formula is C11H14Cl2N4.